The fourth-order valence-electron chi connectivity index (χ4n) is 1.87. The number of carbonyl (C=O) groups is 3. The molecule has 0 bridgehead atoms. The van der Waals surface area contributed by atoms with Gasteiger partial charge in [0.25, 0.3) is 11.8 Å². The van der Waals surface area contributed by atoms with E-state index in [2.05, 4.69) is 6.92 Å². The lowest BCUT2D eigenvalue weighted by Crippen LogP contribution is -2.32. The third-order valence-electron chi connectivity index (χ3n) is 3.11. The number of amides is 2. The van der Waals surface area contributed by atoms with E-state index in [0.717, 1.165) is 13.0 Å². The van der Waals surface area contributed by atoms with Crippen LogP contribution in [0.15, 0.2) is 0 Å². The van der Waals surface area contributed by atoms with Crippen molar-refractivity contribution in [3.63, 3.8) is 0 Å². The predicted octanol–water partition coefficient (Wildman–Crippen LogP) is 0.460. The first-order chi connectivity index (χ1) is 12.1. The molecule has 1 heterocycles. The molecule has 9 heteroatoms. The number of rotatable bonds is 15. The highest BCUT2D eigenvalue weighted by Gasteiger charge is 2.32. The second-order valence-corrected chi connectivity index (χ2v) is 5.24. The van der Waals surface area contributed by atoms with E-state index < -0.39 is 17.8 Å². The van der Waals surface area contributed by atoms with Crippen LogP contribution in [0.25, 0.3) is 0 Å². The molecule has 0 atom stereocenters. The van der Waals surface area contributed by atoms with Crippen LogP contribution in [-0.2, 0) is 38.2 Å². The summed E-state index contributed by atoms with van der Waals surface area (Å²) in [4.78, 5) is 38.7. The van der Waals surface area contributed by atoms with Crippen LogP contribution >= 0.6 is 0 Å². The minimum absolute atomic E-state index is 0.0437. The molecule has 0 spiro atoms. The Labute approximate surface area is 147 Å². The highest BCUT2D eigenvalue weighted by molar-refractivity contribution is 6.01. The maximum absolute atomic E-state index is 11.5. The van der Waals surface area contributed by atoms with E-state index in [1.807, 2.05) is 0 Å². The van der Waals surface area contributed by atoms with Crippen molar-refractivity contribution >= 4 is 17.8 Å². The Morgan fingerprint density at radius 1 is 0.800 bits per heavy atom. The van der Waals surface area contributed by atoms with Crippen molar-refractivity contribution in [2.24, 2.45) is 0 Å². The molecule has 0 saturated carbocycles. The van der Waals surface area contributed by atoms with E-state index >= 15 is 0 Å². The zero-order valence-corrected chi connectivity index (χ0v) is 14.7. The molecule has 25 heavy (non-hydrogen) atoms. The Morgan fingerprint density at radius 3 is 1.72 bits per heavy atom. The van der Waals surface area contributed by atoms with Crippen LogP contribution in [0, 0.1) is 0 Å². The molecule has 1 saturated heterocycles. The lowest BCUT2D eigenvalue weighted by atomic mass is 10.4. The quantitative estimate of drug-likeness (QED) is 0.306. The molecule has 144 valence electrons. The van der Waals surface area contributed by atoms with Crippen molar-refractivity contribution in [1.82, 2.24) is 5.06 Å². The minimum atomic E-state index is -0.678. The molecule has 1 fully saturated rings. The van der Waals surface area contributed by atoms with Crippen molar-refractivity contribution in [3.05, 3.63) is 0 Å². The molecule has 1 aliphatic heterocycles. The summed E-state index contributed by atoms with van der Waals surface area (Å²) in [7, 11) is 0. The molecule has 0 N–H and O–H groups in total. The van der Waals surface area contributed by atoms with E-state index in [0.29, 0.717) is 44.7 Å². The van der Waals surface area contributed by atoms with Crippen molar-refractivity contribution in [2.75, 3.05) is 52.9 Å². The van der Waals surface area contributed by atoms with Crippen molar-refractivity contribution in [1.29, 1.82) is 0 Å². The standard InChI is InChI=1S/C16H27NO8/c1-2-6-21-8-10-23-12-13-24-11-9-22-7-5-16(20)25-17-14(18)3-4-15(17)19/h2-13H2,1H3. The van der Waals surface area contributed by atoms with Crippen molar-refractivity contribution < 1.29 is 38.2 Å². The molecule has 0 aromatic heterocycles. The van der Waals surface area contributed by atoms with Gasteiger partial charge < -0.3 is 23.8 Å². The number of carbonyl (C=O) groups excluding carboxylic acids is 3. The van der Waals surface area contributed by atoms with Gasteiger partial charge in [-0.2, -0.15) is 0 Å². The number of hydroxylamine groups is 2. The Kier molecular flexibility index (Phi) is 11.8. The summed E-state index contributed by atoms with van der Waals surface area (Å²) in [6.45, 7) is 5.71. The molecule has 0 aliphatic carbocycles. The average Bonchev–Trinajstić information content (AvgIpc) is 2.91. The summed E-state index contributed by atoms with van der Waals surface area (Å²) in [6, 6.07) is 0. The maximum Gasteiger partial charge on any atom is 0.335 e. The highest BCUT2D eigenvalue weighted by atomic mass is 16.7. The van der Waals surface area contributed by atoms with Crippen LogP contribution in [-0.4, -0.2) is 75.7 Å². The Bertz CT molecular complexity index is 399. The van der Waals surface area contributed by atoms with Crippen LogP contribution in [0.3, 0.4) is 0 Å². The van der Waals surface area contributed by atoms with Gasteiger partial charge in [0.1, 0.15) is 0 Å². The molecule has 1 aliphatic rings. The van der Waals surface area contributed by atoms with Gasteiger partial charge in [-0.25, -0.2) is 4.79 Å². The van der Waals surface area contributed by atoms with Gasteiger partial charge in [0.15, 0.2) is 0 Å². The van der Waals surface area contributed by atoms with Crippen molar-refractivity contribution in [3.8, 4) is 0 Å². The predicted molar refractivity (Wildman–Crippen MR) is 85.4 cm³/mol. The van der Waals surface area contributed by atoms with Crippen LogP contribution in [0.4, 0.5) is 0 Å². The van der Waals surface area contributed by atoms with E-state index in [1.54, 1.807) is 0 Å². The third kappa shape index (κ3) is 10.1. The number of hydrogen-bond donors (Lipinski definition) is 0. The summed E-state index contributed by atoms with van der Waals surface area (Å²) in [5.74, 6) is -1.66. The molecule has 2 amide bonds. The summed E-state index contributed by atoms with van der Waals surface area (Å²) < 4.78 is 21.1. The number of imide groups is 1. The van der Waals surface area contributed by atoms with Gasteiger partial charge in [-0.15, -0.1) is 5.06 Å². The maximum atomic E-state index is 11.5. The van der Waals surface area contributed by atoms with Gasteiger partial charge in [0, 0.05) is 19.4 Å². The van der Waals surface area contributed by atoms with Gasteiger partial charge in [-0.05, 0) is 6.42 Å². The van der Waals surface area contributed by atoms with Gasteiger partial charge in [0.05, 0.1) is 52.7 Å². The molecule has 0 unspecified atom stereocenters. The van der Waals surface area contributed by atoms with E-state index in [4.69, 9.17) is 23.8 Å². The number of nitrogens with zero attached hydrogens (tertiary/aromatic N) is 1. The Balaban J connectivity index is 1.84. The van der Waals surface area contributed by atoms with Gasteiger partial charge in [-0.3, -0.25) is 9.59 Å². The summed E-state index contributed by atoms with van der Waals surface area (Å²) >= 11 is 0. The van der Waals surface area contributed by atoms with Crippen LogP contribution in [0.2, 0.25) is 0 Å². The van der Waals surface area contributed by atoms with E-state index in [9.17, 15) is 14.4 Å². The second-order valence-electron chi connectivity index (χ2n) is 5.24. The number of ether oxygens (including phenoxy) is 4. The number of hydrogen-bond acceptors (Lipinski definition) is 8. The first-order valence-electron chi connectivity index (χ1n) is 8.52. The fraction of sp³-hybridized carbons (Fsp3) is 0.812. The summed E-state index contributed by atoms with van der Waals surface area (Å²) in [6.07, 6.45) is 1.11. The summed E-state index contributed by atoms with van der Waals surface area (Å²) in [5, 5.41) is 0.527. The first kappa shape index (κ1) is 21.5. The van der Waals surface area contributed by atoms with Gasteiger partial charge in [-0.1, -0.05) is 6.92 Å². The molecular formula is C16H27NO8. The topological polar surface area (TPSA) is 101 Å². The zero-order chi connectivity index (χ0) is 18.3. The third-order valence-corrected chi connectivity index (χ3v) is 3.11. The lowest BCUT2D eigenvalue weighted by molar-refractivity contribution is -0.198. The lowest BCUT2D eigenvalue weighted by Gasteiger charge is -2.12. The Morgan fingerprint density at radius 2 is 1.24 bits per heavy atom. The largest absolute Gasteiger partial charge is 0.379 e. The SMILES string of the molecule is CCCOCCOCCOCCOCCC(=O)ON1C(=O)CCC1=O. The normalized spacial score (nSPS) is 14.4. The second kappa shape index (κ2) is 13.7. The highest BCUT2D eigenvalue weighted by Crippen LogP contribution is 2.12. The van der Waals surface area contributed by atoms with Crippen LogP contribution in [0.1, 0.15) is 32.6 Å². The van der Waals surface area contributed by atoms with Crippen LogP contribution in [0.5, 0.6) is 0 Å². The molecule has 0 radical (unpaired) electrons. The molecule has 9 nitrogen and oxygen atoms in total. The fourth-order valence-corrected chi connectivity index (χ4v) is 1.87. The van der Waals surface area contributed by atoms with E-state index in [1.165, 1.54) is 0 Å². The minimum Gasteiger partial charge on any atom is -0.379 e. The molecular weight excluding hydrogens is 334 g/mol. The molecule has 0 aromatic carbocycles. The van der Waals surface area contributed by atoms with Crippen LogP contribution < -0.4 is 0 Å². The van der Waals surface area contributed by atoms with Gasteiger partial charge in [0.2, 0.25) is 0 Å². The zero-order valence-electron chi connectivity index (χ0n) is 14.7. The molecule has 1 rings (SSSR count). The van der Waals surface area contributed by atoms with Crippen molar-refractivity contribution in [2.45, 2.75) is 32.6 Å². The van der Waals surface area contributed by atoms with Gasteiger partial charge >= 0.3 is 5.97 Å². The summed E-state index contributed by atoms with van der Waals surface area (Å²) in [5.41, 5.74) is 0. The van der Waals surface area contributed by atoms with E-state index in [-0.39, 0.29) is 25.9 Å². The Hall–Kier alpha value is -1.55. The first-order valence-corrected chi connectivity index (χ1v) is 8.52. The average molecular weight is 361 g/mol. The molecule has 0 aromatic rings. The monoisotopic (exact) mass is 361 g/mol. The smallest absolute Gasteiger partial charge is 0.335 e.